The lowest BCUT2D eigenvalue weighted by molar-refractivity contribution is -0.121. The van der Waals surface area contributed by atoms with Gasteiger partial charge in [0.2, 0.25) is 5.91 Å². The standard InChI is InChI=1S/C10H22N2O2/c1-10(2,3)12-9(14)8-11-6-4-5-7-13/h11,13H,4-8H2,1-3H3,(H,12,14). The van der Waals surface area contributed by atoms with Crippen LogP contribution in [0.15, 0.2) is 0 Å². The summed E-state index contributed by atoms with van der Waals surface area (Å²) in [6.07, 6.45) is 1.69. The minimum atomic E-state index is -0.163. The molecule has 0 aromatic rings. The number of carbonyl (C=O) groups excluding carboxylic acids is 1. The fourth-order valence-electron chi connectivity index (χ4n) is 1.03. The Balaban J connectivity index is 3.36. The molecular formula is C10H22N2O2. The van der Waals surface area contributed by atoms with Crippen molar-refractivity contribution < 1.29 is 9.90 Å². The van der Waals surface area contributed by atoms with Crippen LogP contribution in [0.2, 0.25) is 0 Å². The van der Waals surface area contributed by atoms with Crippen LogP contribution >= 0.6 is 0 Å². The van der Waals surface area contributed by atoms with E-state index in [9.17, 15) is 4.79 Å². The van der Waals surface area contributed by atoms with Crippen LogP contribution in [0.25, 0.3) is 0 Å². The summed E-state index contributed by atoms with van der Waals surface area (Å²) in [4.78, 5) is 11.3. The van der Waals surface area contributed by atoms with Crippen molar-refractivity contribution in [3.63, 3.8) is 0 Å². The summed E-state index contributed by atoms with van der Waals surface area (Å²) in [6.45, 7) is 7.21. The van der Waals surface area contributed by atoms with Crippen LogP contribution in [0.1, 0.15) is 33.6 Å². The van der Waals surface area contributed by atoms with E-state index in [1.165, 1.54) is 0 Å². The molecule has 84 valence electrons. The lowest BCUT2D eigenvalue weighted by Gasteiger charge is -2.20. The highest BCUT2D eigenvalue weighted by molar-refractivity contribution is 5.78. The molecule has 0 radical (unpaired) electrons. The molecule has 0 saturated heterocycles. The Bertz CT molecular complexity index is 164. The molecule has 0 aromatic carbocycles. The molecule has 14 heavy (non-hydrogen) atoms. The van der Waals surface area contributed by atoms with Gasteiger partial charge >= 0.3 is 0 Å². The Hall–Kier alpha value is -0.610. The number of nitrogens with one attached hydrogen (secondary N) is 2. The third kappa shape index (κ3) is 9.48. The Morgan fingerprint density at radius 3 is 2.43 bits per heavy atom. The normalized spacial score (nSPS) is 11.4. The van der Waals surface area contributed by atoms with Gasteiger partial charge in [0, 0.05) is 12.1 Å². The molecule has 0 heterocycles. The Kier molecular flexibility index (Phi) is 6.49. The fourth-order valence-corrected chi connectivity index (χ4v) is 1.03. The van der Waals surface area contributed by atoms with E-state index >= 15 is 0 Å². The van der Waals surface area contributed by atoms with Gasteiger partial charge in [-0.1, -0.05) is 0 Å². The first-order chi connectivity index (χ1) is 6.45. The maximum Gasteiger partial charge on any atom is 0.234 e. The molecule has 0 bridgehead atoms. The number of unbranched alkanes of at least 4 members (excludes halogenated alkanes) is 1. The summed E-state index contributed by atoms with van der Waals surface area (Å²) in [5, 5.41) is 14.4. The van der Waals surface area contributed by atoms with Crippen LogP contribution in [0, 0.1) is 0 Å². The predicted octanol–water partition coefficient (Wildman–Crippen LogP) is 0.263. The van der Waals surface area contributed by atoms with Gasteiger partial charge in [-0.15, -0.1) is 0 Å². The monoisotopic (exact) mass is 202 g/mol. The number of carbonyl (C=O) groups is 1. The molecule has 0 aromatic heterocycles. The number of rotatable bonds is 6. The van der Waals surface area contributed by atoms with E-state index in [1.54, 1.807) is 0 Å². The molecule has 0 aliphatic rings. The molecule has 0 unspecified atom stereocenters. The molecular weight excluding hydrogens is 180 g/mol. The molecule has 0 saturated carbocycles. The number of aliphatic hydroxyl groups is 1. The zero-order valence-corrected chi connectivity index (χ0v) is 9.39. The molecule has 0 fully saturated rings. The van der Waals surface area contributed by atoms with Crippen LogP contribution < -0.4 is 10.6 Å². The van der Waals surface area contributed by atoms with E-state index in [0.29, 0.717) is 6.54 Å². The molecule has 4 heteroatoms. The van der Waals surface area contributed by atoms with Gasteiger partial charge in [-0.25, -0.2) is 0 Å². The smallest absolute Gasteiger partial charge is 0.234 e. The molecule has 0 rings (SSSR count). The van der Waals surface area contributed by atoms with Crippen molar-refractivity contribution in [3.8, 4) is 0 Å². The third-order valence-corrected chi connectivity index (χ3v) is 1.56. The van der Waals surface area contributed by atoms with E-state index in [-0.39, 0.29) is 18.1 Å². The average Bonchev–Trinajstić information content (AvgIpc) is 2.00. The summed E-state index contributed by atoms with van der Waals surface area (Å²) in [6, 6.07) is 0. The summed E-state index contributed by atoms with van der Waals surface area (Å²) < 4.78 is 0. The summed E-state index contributed by atoms with van der Waals surface area (Å²) in [7, 11) is 0. The van der Waals surface area contributed by atoms with E-state index in [4.69, 9.17) is 5.11 Å². The van der Waals surface area contributed by atoms with Gasteiger partial charge in [-0.05, 0) is 40.2 Å². The first kappa shape index (κ1) is 13.4. The van der Waals surface area contributed by atoms with Crippen molar-refractivity contribution >= 4 is 5.91 Å². The molecule has 0 aliphatic carbocycles. The molecule has 0 aliphatic heterocycles. The number of hydrogen-bond donors (Lipinski definition) is 3. The van der Waals surface area contributed by atoms with Crippen LogP contribution in [-0.2, 0) is 4.79 Å². The molecule has 3 N–H and O–H groups in total. The highest BCUT2D eigenvalue weighted by atomic mass is 16.2. The van der Waals surface area contributed by atoms with E-state index < -0.39 is 0 Å². The maximum absolute atomic E-state index is 11.3. The summed E-state index contributed by atoms with van der Waals surface area (Å²) in [5.41, 5.74) is -0.163. The van der Waals surface area contributed by atoms with E-state index in [0.717, 1.165) is 19.4 Å². The zero-order chi connectivity index (χ0) is 11.0. The second-order valence-corrected chi connectivity index (χ2v) is 4.41. The summed E-state index contributed by atoms with van der Waals surface area (Å²) >= 11 is 0. The van der Waals surface area contributed by atoms with Crippen molar-refractivity contribution in [3.05, 3.63) is 0 Å². The fraction of sp³-hybridized carbons (Fsp3) is 0.900. The maximum atomic E-state index is 11.3. The van der Waals surface area contributed by atoms with Gasteiger partial charge in [-0.2, -0.15) is 0 Å². The first-order valence-electron chi connectivity index (χ1n) is 5.08. The quantitative estimate of drug-likeness (QED) is 0.542. The van der Waals surface area contributed by atoms with E-state index in [1.807, 2.05) is 20.8 Å². The van der Waals surface area contributed by atoms with Gasteiger partial charge in [0.05, 0.1) is 6.54 Å². The van der Waals surface area contributed by atoms with Crippen molar-refractivity contribution in [1.82, 2.24) is 10.6 Å². The molecule has 1 amide bonds. The first-order valence-corrected chi connectivity index (χ1v) is 5.08. The lowest BCUT2D eigenvalue weighted by Crippen LogP contribution is -2.44. The van der Waals surface area contributed by atoms with Gasteiger partial charge in [0.25, 0.3) is 0 Å². The van der Waals surface area contributed by atoms with Crippen molar-refractivity contribution in [2.75, 3.05) is 19.7 Å². The van der Waals surface area contributed by atoms with Crippen LogP contribution in [0.4, 0.5) is 0 Å². The summed E-state index contributed by atoms with van der Waals surface area (Å²) in [5.74, 6) is 0.0153. The van der Waals surface area contributed by atoms with Crippen molar-refractivity contribution in [1.29, 1.82) is 0 Å². The van der Waals surface area contributed by atoms with Gasteiger partial charge in [0.15, 0.2) is 0 Å². The largest absolute Gasteiger partial charge is 0.396 e. The number of hydrogen-bond acceptors (Lipinski definition) is 3. The van der Waals surface area contributed by atoms with Crippen LogP contribution in [-0.4, -0.2) is 36.2 Å². The lowest BCUT2D eigenvalue weighted by atomic mass is 10.1. The highest BCUT2D eigenvalue weighted by Crippen LogP contribution is 1.97. The second kappa shape index (κ2) is 6.79. The Labute approximate surface area is 86.1 Å². The van der Waals surface area contributed by atoms with Gasteiger partial charge in [0.1, 0.15) is 0 Å². The van der Waals surface area contributed by atoms with Crippen molar-refractivity contribution in [2.45, 2.75) is 39.2 Å². The number of amides is 1. The Morgan fingerprint density at radius 2 is 1.93 bits per heavy atom. The third-order valence-electron chi connectivity index (χ3n) is 1.56. The second-order valence-electron chi connectivity index (χ2n) is 4.41. The van der Waals surface area contributed by atoms with Gasteiger partial charge < -0.3 is 15.7 Å². The molecule has 4 nitrogen and oxygen atoms in total. The SMILES string of the molecule is CC(C)(C)NC(=O)CNCCCCO. The van der Waals surface area contributed by atoms with Crippen molar-refractivity contribution in [2.24, 2.45) is 0 Å². The minimum absolute atomic E-state index is 0.0153. The predicted molar refractivity (Wildman–Crippen MR) is 57.1 cm³/mol. The minimum Gasteiger partial charge on any atom is -0.396 e. The van der Waals surface area contributed by atoms with E-state index in [2.05, 4.69) is 10.6 Å². The average molecular weight is 202 g/mol. The van der Waals surface area contributed by atoms with Crippen LogP contribution in [0.3, 0.4) is 0 Å². The molecule has 0 atom stereocenters. The van der Waals surface area contributed by atoms with Crippen LogP contribution in [0.5, 0.6) is 0 Å². The molecule has 0 spiro atoms. The highest BCUT2D eigenvalue weighted by Gasteiger charge is 2.12. The van der Waals surface area contributed by atoms with Gasteiger partial charge in [-0.3, -0.25) is 4.79 Å². The zero-order valence-electron chi connectivity index (χ0n) is 9.39. The number of aliphatic hydroxyl groups excluding tert-OH is 1. The Morgan fingerprint density at radius 1 is 1.29 bits per heavy atom. The topological polar surface area (TPSA) is 61.4 Å².